The van der Waals surface area contributed by atoms with E-state index in [2.05, 4.69) is 24.8 Å². The van der Waals surface area contributed by atoms with Crippen LogP contribution in [0, 0.1) is 5.82 Å². The molecule has 0 radical (unpaired) electrons. The van der Waals surface area contributed by atoms with Gasteiger partial charge in [0.05, 0.1) is 5.69 Å². The van der Waals surface area contributed by atoms with Crippen LogP contribution in [0.25, 0.3) is 44.8 Å². The molecule has 10 heteroatoms. The molecule has 1 saturated heterocycles. The monoisotopic (exact) mass is 563 g/mol. The van der Waals surface area contributed by atoms with E-state index in [9.17, 15) is 9.18 Å². The Morgan fingerprint density at radius 3 is 2.43 bits per heavy atom. The van der Waals surface area contributed by atoms with E-state index in [0.29, 0.717) is 48.9 Å². The van der Waals surface area contributed by atoms with Crippen LogP contribution in [0.4, 0.5) is 15.0 Å². The zero-order chi connectivity index (χ0) is 29.3. The minimum absolute atomic E-state index is 0.301. The molecule has 4 aromatic heterocycles. The lowest BCUT2D eigenvalue weighted by Gasteiger charge is -2.36. The van der Waals surface area contributed by atoms with E-state index >= 15 is 0 Å². The summed E-state index contributed by atoms with van der Waals surface area (Å²) in [6, 6.07) is 16.1. The number of anilines is 1. The summed E-state index contributed by atoms with van der Waals surface area (Å²) in [6.07, 6.45) is 6.59. The maximum atomic E-state index is 14.7. The topological polar surface area (TPSA) is 97.2 Å². The zero-order valence-corrected chi connectivity index (χ0v) is 23.7. The van der Waals surface area contributed by atoms with Gasteiger partial charge in [-0.25, -0.2) is 29.1 Å². The second-order valence-corrected chi connectivity index (χ2v) is 11.1. The number of benzene rings is 1. The predicted molar refractivity (Wildman–Crippen MR) is 159 cm³/mol. The van der Waals surface area contributed by atoms with E-state index in [4.69, 9.17) is 9.72 Å². The van der Waals surface area contributed by atoms with Crippen molar-refractivity contribution in [3.8, 4) is 33.8 Å². The van der Waals surface area contributed by atoms with Gasteiger partial charge in [-0.15, -0.1) is 0 Å². The van der Waals surface area contributed by atoms with Crippen LogP contribution in [0.3, 0.4) is 0 Å². The Bertz CT molecular complexity index is 1760. The maximum Gasteiger partial charge on any atom is 0.410 e. The number of piperazine rings is 1. The molecule has 1 fully saturated rings. The molecule has 0 N–H and O–H groups in total. The van der Waals surface area contributed by atoms with Crippen molar-refractivity contribution in [2.45, 2.75) is 26.4 Å². The van der Waals surface area contributed by atoms with Gasteiger partial charge in [-0.05, 0) is 68.8 Å². The van der Waals surface area contributed by atoms with E-state index in [1.165, 1.54) is 6.07 Å². The summed E-state index contributed by atoms with van der Waals surface area (Å²) in [4.78, 5) is 39.3. The zero-order valence-electron chi connectivity index (χ0n) is 23.7. The van der Waals surface area contributed by atoms with Crippen molar-refractivity contribution in [1.29, 1.82) is 0 Å². The Balaban J connectivity index is 1.29. The normalized spacial score (nSPS) is 13.8. The van der Waals surface area contributed by atoms with E-state index < -0.39 is 5.60 Å². The predicted octanol–water partition coefficient (Wildman–Crippen LogP) is 6.01. The van der Waals surface area contributed by atoms with Crippen molar-refractivity contribution in [3.63, 3.8) is 0 Å². The molecule has 1 aliphatic rings. The van der Waals surface area contributed by atoms with Gasteiger partial charge in [-0.3, -0.25) is 4.98 Å². The summed E-state index contributed by atoms with van der Waals surface area (Å²) in [6.45, 7) is 7.93. The number of fused-ring (bicyclic) bond motifs is 1. The van der Waals surface area contributed by atoms with Crippen LogP contribution >= 0.6 is 0 Å². The maximum absolute atomic E-state index is 14.7. The van der Waals surface area contributed by atoms with Gasteiger partial charge in [0.15, 0.2) is 11.5 Å². The highest BCUT2D eigenvalue weighted by Gasteiger charge is 2.26. The SMILES string of the molecule is CC(C)(C)OC(=O)N1CCN(c2ccnc(-c3cncc(-c4cc(-c5ccccc5F)nc5ncccc45)c3)n2)CC1. The number of hydrogen-bond acceptors (Lipinski definition) is 8. The Morgan fingerprint density at radius 2 is 1.64 bits per heavy atom. The highest BCUT2D eigenvalue weighted by atomic mass is 19.1. The largest absolute Gasteiger partial charge is 0.444 e. The summed E-state index contributed by atoms with van der Waals surface area (Å²) in [5, 5.41) is 0.828. The van der Waals surface area contributed by atoms with Gasteiger partial charge in [0.25, 0.3) is 0 Å². The van der Waals surface area contributed by atoms with Gasteiger partial charge >= 0.3 is 6.09 Å². The Kier molecular flexibility index (Phi) is 7.20. The third kappa shape index (κ3) is 5.74. The van der Waals surface area contributed by atoms with Crippen LogP contribution in [-0.4, -0.2) is 67.7 Å². The van der Waals surface area contributed by atoms with Crippen LogP contribution in [0.5, 0.6) is 0 Å². The molecule has 5 heterocycles. The molecule has 0 bridgehead atoms. The number of carbonyl (C=O) groups excluding carboxylic acids is 1. The lowest BCUT2D eigenvalue weighted by Crippen LogP contribution is -2.50. The van der Waals surface area contributed by atoms with E-state index in [1.54, 1.807) is 47.9 Å². The summed E-state index contributed by atoms with van der Waals surface area (Å²) in [5.41, 5.74) is 3.25. The van der Waals surface area contributed by atoms with Crippen molar-refractivity contribution in [2.75, 3.05) is 31.1 Å². The number of hydrogen-bond donors (Lipinski definition) is 0. The highest BCUT2D eigenvalue weighted by molar-refractivity contribution is 5.95. The molecule has 0 aliphatic carbocycles. The summed E-state index contributed by atoms with van der Waals surface area (Å²) in [5.74, 6) is 0.951. The first kappa shape index (κ1) is 27.2. The standard InChI is InChI=1S/C32H30FN7O2/c1-32(2,3)42-31(41)40-15-13-39(14-16-40)28-10-12-36-29(38-28)22-17-21(19-34-20-22)25-18-27(24-7-4-5-9-26(24)33)37-30-23(25)8-6-11-35-30/h4-12,17-20H,13-16H2,1-3H3. The molecular weight excluding hydrogens is 533 g/mol. The molecule has 6 rings (SSSR count). The fraction of sp³-hybridized carbons (Fsp3) is 0.250. The van der Waals surface area contributed by atoms with Gasteiger partial charge in [0.2, 0.25) is 0 Å². The van der Waals surface area contributed by atoms with E-state index in [0.717, 1.165) is 27.9 Å². The third-order valence-electron chi connectivity index (χ3n) is 6.94. The smallest absolute Gasteiger partial charge is 0.410 e. The molecule has 9 nitrogen and oxygen atoms in total. The minimum Gasteiger partial charge on any atom is -0.444 e. The van der Waals surface area contributed by atoms with E-state index in [-0.39, 0.29) is 11.9 Å². The molecule has 0 unspecified atom stereocenters. The molecule has 1 amide bonds. The Hall–Kier alpha value is -4.99. The number of ether oxygens (including phenoxy) is 1. The first-order chi connectivity index (χ1) is 20.2. The lowest BCUT2D eigenvalue weighted by molar-refractivity contribution is 0.0240. The molecule has 1 aromatic carbocycles. The lowest BCUT2D eigenvalue weighted by atomic mass is 9.99. The van der Waals surface area contributed by atoms with Gasteiger partial charge in [0.1, 0.15) is 17.2 Å². The first-order valence-corrected chi connectivity index (χ1v) is 13.8. The summed E-state index contributed by atoms with van der Waals surface area (Å²) < 4.78 is 20.2. The summed E-state index contributed by atoms with van der Waals surface area (Å²) in [7, 11) is 0. The number of pyridine rings is 3. The number of nitrogens with zero attached hydrogens (tertiary/aromatic N) is 7. The number of aromatic nitrogens is 5. The van der Waals surface area contributed by atoms with Gasteiger partial charge < -0.3 is 14.5 Å². The van der Waals surface area contributed by atoms with Crippen molar-refractivity contribution in [2.24, 2.45) is 0 Å². The fourth-order valence-corrected chi connectivity index (χ4v) is 4.92. The van der Waals surface area contributed by atoms with Crippen LogP contribution < -0.4 is 4.90 Å². The van der Waals surface area contributed by atoms with Crippen LogP contribution in [0.2, 0.25) is 0 Å². The molecular formula is C32H30FN7O2. The number of carbonyl (C=O) groups is 1. The van der Waals surface area contributed by atoms with Crippen molar-refractivity contribution >= 4 is 22.9 Å². The second kappa shape index (κ2) is 11.1. The Morgan fingerprint density at radius 1 is 0.857 bits per heavy atom. The fourth-order valence-electron chi connectivity index (χ4n) is 4.92. The molecule has 42 heavy (non-hydrogen) atoms. The van der Waals surface area contributed by atoms with Crippen molar-refractivity contribution in [1.82, 2.24) is 29.8 Å². The number of rotatable bonds is 4. The molecule has 1 aliphatic heterocycles. The summed E-state index contributed by atoms with van der Waals surface area (Å²) >= 11 is 0. The second-order valence-electron chi connectivity index (χ2n) is 11.1. The minimum atomic E-state index is -0.531. The Labute approximate surface area is 243 Å². The van der Waals surface area contributed by atoms with E-state index in [1.807, 2.05) is 51.1 Å². The first-order valence-electron chi connectivity index (χ1n) is 13.8. The molecule has 5 aromatic rings. The molecule has 0 spiro atoms. The van der Waals surface area contributed by atoms with Crippen LogP contribution in [0.1, 0.15) is 20.8 Å². The number of amides is 1. The molecule has 0 saturated carbocycles. The average Bonchev–Trinajstić information content (AvgIpc) is 3.00. The number of halogens is 1. The van der Waals surface area contributed by atoms with Crippen LogP contribution in [-0.2, 0) is 4.74 Å². The van der Waals surface area contributed by atoms with Gasteiger partial charge in [-0.1, -0.05) is 12.1 Å². The van der Waals surface area contributed by atoms with Crippen molar-refractivity contribution < 1.29 is 13.9 Å². The van der Waals surface area contributed by atoms with Gasteiger partial charge in [-0.2, -0.15) is 0 Å². The highest BCUT2D eigenvalue weighted by Crippen LogP contribution is 2.33. The van der Waals surface area contributed by atoms with Crippen LogP contribution in [0.15, 0.2) is 79.4 Å². The quantitative estimate of drug-likeness (QED) is 0.262. The van der Waals surface area contributed by atoms with Gasteiger partial charge in [0, 0.05) is 73.0 Å². The van der Waals surface area contributed by atoms with Crippen molar-refractivity contribution in [3.05, 3.63) is 85.2 Å². The average molecular weight is 564 g/mol. The molecule has 0 atom stereocenters. The molecule has 212 valence electrons. The third-order valence-corrected chi connectivity index (χ3v) is 6.94.